The normalized spacial score (nSPS) is 11.5. The van der Waals surface area contributed by atoms with Crippen molar-refractivity contribution in [2.24, 2.45) is 0 Å². The molecule has 0 aliphatic rings. The van der Waals surface area contributed by atoms with Crippen LogP contribution < -0.4 is 10.6 Å². The van der Waals surface area contributed by atoms with Crippen LogP contribution in [0, 0.1) is 6.92 Å². The minimum atomic E-state index is -0.155. The number of carbonyl (C=O) groups is 1. The average Bonchev–Trinajstić information content (AvgIpc) is 2.48. The lowest BCUT2D eigenvalue weighted by Gasteiger charge is -2.20. The van der Waals surface area contributed by atoms with E-state index in [1.807, 2.05) is 20.8 Å². The summed E-state index contributed by atoms with van der Waals surface area (Å²) in [7, 11) is 0. The number of hydrogen-bond donors (Lipinski definition) is 2. The van der Waals surface area contributed by atoms with Gasteiger partial charge in [-0.2, -0.15) is 0 Å². The maximum atomic E-state index is 11.5. The first-order valence-electron chi connectivity index (χ1n) is 5.43. The van der Waals surface area contributed by atoms with Gasteiger partial charge in [-0.1, -0.05) is 0 Å². The Kier molecular flexibility index (Phi) is 4.50. The molecule has 16 heavy (non-hydrogen) atoms. The van der Waals surface area contributed by atoms with E-state index in [0.717, 1.165) is 6.54 Å². The smallest absolute Gasteiger partial charge is 0.234 e. The lowest BCUT2D eigenvalue weighted by Crippen LogP contribution is -2.44. The number of aryl methyl sites for hydroxylation is 1. The third kappa shape index (κ3) is 4.77. The van der Waals surface area contributed by atoms with Gasteiger partial charge < -0.3 is 10.6 Å². The Hall–Kier alpha value is -0.870. The van der Waals surface area contributed by atoms with E-state index in [1.165, 1.54) is 10.4 Å². The molecule has 0 bridgehead atoms. The quantitative estimate of drug-likeness (QED) is 0.846. The van der Waals surface area contributed by atoms with Gasteiger partial charge in [0.05, 0.1) is 6.54 Å². The summed E-state index contributed by atoms with van der Waals surface area (Å²) in [5.41, 5.74) is 1.13. The van der Waals surface area contributed by atoms with Crippen molar-refractivity contribution in [3.8, 4) is 0 Å². The number of nitrogens with one attached hydrogen (secondary N) is 2. The molecule has 3 nitrogen and oxygen atoms in total. The van der Waals surface area contributed by atoms with Gasteiger partial charge in [0.1, 0.15) is 0 Å². The van der Waals surface area contributed by atoms with Crippen molar-refractivity contribution in [3.05, 3.63) is 21.9 Å². The van der Waals surface area contributed by atoms with E-state index in [4.69, 9.17) is 0 Å². The van der Waals surface area contributed by atoms with Crippen molar-refractivity contribution in [2.45, 2.75) is 39.8 Å². The fourth-order valence-electron chi connectivity index (χ4n) is 1.34. The minimum Gasteiger partial charge on any atom is -0.350 e. The summed E-state index contributed by atoms with van der Waals surface area (Å²) >= 11 is 1.72. The molecule has 4 heteroatoms. The molecular formula is C12H20N2OS. The van der Waals surface area contributed by atoms with Gasteiger partial charge in [-0.15, -0.1) is 11.3 Å². The van der Waals surface area contributed by atoms with Crippen molar-refractivity contribution in [1.29, 1.82) is 0 Å². The molecule has 0 radical (unpaired) electrons. The van der Waals surface area contributed by atoms with Crippen LogP contribution in [0.3, 0.4) is 0 Å². The topological polar surface area (TPSA) is 41.1 Å². The summed E-state index contributed by atoms with van der Waals surface area (Å²) in [4.78, 5) is 12.8. The minimum absolute atomic E-state index is 0.0432. The van der Waals surface area contributed by atoms with Crippen molar-refractivity contribution in [3.63, 3.8) is 0 Å². The Bertz CT molecular complexity index is 352. The van der Waals surface area contributed by atoms with E-state index in [9.17, 15) is 4.79 Å². The van der Waals surface area contributed by atoms with Crippen LogP contribution >= 0.6 is 11.3 Å². The lowest BCUT2D eigenvalue weighted by molar-refractivity contribution is -0.121. The zero-order valence-electron chi connectivity index (χ0n) is 10.4. The molecule has 0 saturated carbocycles. The Morgan fingerprint density at radius 1 is 1.44 bits per heavy atom. The predicted molar refractivity (Wildman–Crippen MR) is 68.7 cm³/mol. The fraction of sp³-hybridized carbons (Fsp3) is 0.583. The molecule has 0 aliphatic heterocycles. The highest BCUT2D eigenvalue weighted by molar-refractivity contribution is 7.10. The highest BCUT2D eigenvalue weighted by Crippen LogP contribution is 2.14. The summed E-state index contributed by atoms with van der Waals surface area (Å²) in [6.45, 7) is 9.16. The first-order chi connectivity index (χ1) is 7.38. The number of rotatable bonds is 4. The summed E-state index contributed by atoms with van der Waals surface area (Å²) in [5.74, 6) is 0.0432. The van der Waals surface area contributed by atoms with Gasteiger partial charge in [0.25, 0.3) is 0 Å². The highest BCUT2D eigenvalue weighted by atomic mass is 32.1. The van der Waals surface area contributed by atoms with Gasteiger partial charge in [-0.05, 0) is 44.7 Å². The van der Waals surface area contributed by atoms with Crippen molar-refractivity contribution < 1.29 is 4.79 Å². The second-order valence-corrected chi connectivity index (χ2v) is 5.93. The third-order valence-electron chi connectivity index (χ3n) is 2.05. The van der Waals surface area contributed by atoms with E-state index in [1.54, 1.807) is 11.3 Å². The van der Waals surface area contributed by atoms with E-state index < -0.39 is 0 Å². The second-order valence-electron chi connectivity index (χ2n) is 4.93. The van der Waals surface area contributed by atoms with E-state index in [-0.39, 0.29) is 11.4 Å². The molecule has 0 atom stereocenters. The van der Waals surface area contributed by atoms with Crippen LogP contribution in [0.1, 0.15) is 31.2 Å². The van der Waals surface area contributed by atoms with Gasteiger partial charge >= 0.3 is 0 Å². The van der Waals surface area contributed by atoms with E-state index in [0.29, 0.717) is 6.54 Å². The summed E-state index contributed by atoms with van der Waals surface area (Å²) in [5, 5.41) is 8.14. The standard InChI is InChI=1S/C12H20N2OS/c1-9-5-6-16-10(9)7-13-8-11(15)14-12(2,3)4/h5-6,13H,7-8H2,1-4H3,(H,14,15). The molecule has 90 valence electrons. The Balaban J connectivity index is 2.26. The highest BCUT2D eigenvalue weighted by Gasteiger charge is 2.12. The fourth-order valence-corrected chi connectivity index (χ4v) is 2.21. The molecular weight excluding hydrogens is 220 g/mol. The summed E-state index contributed by atoms with van der Waals surface area (Å²) < 4.78 is 0. The average molecular weight is 240 g/mol. The summed E-state index contributed by atoms with van der Waals surface area (Å²) in [6, 6.07) is 2.09. The van der Waals surface area contributed by atoms with E-state index in [2.05, 4.69) is 29.0 Å². The van der Waals surface area contributed by atoms with Crippen LogP contribution in [-0.2, 0) is 11.3 Å². The maximum Gasteiger partial charge on any atom is 0.234 e. The monoisotopic (exact) mass is 240 g/mol. The van der Waals surface area contributed by atoms with Gasteiger partial charge in [0, 0.05) is 17.0 Å². The first kappa shape index (κ1) is 13.2. The van der Waals surface area contributed by atoms with Crippen LogP contribution in [0.5, 0.6) is 0 Å². The molecule has 2 N–H and O–H groups in total. The Morgan fingerprint density at radius 2 is 2.12 bits per heavy atom. The zero-order valence-corrected chi connectivity index (χ0v) is 11.2. The Morgan fingerprint density at radius 3 is 2.62 bits per heavy atom. The first-order valence-corrected chi connectivity index (χ1v) is 6.31. The zero-order chi connectivity index (χ0) is 12.2. The number of hydrogen-bond acceptors (Lipinski definition) is 3. The van der Waals surface area contributed by atoms with Crippen LogP contribution in [0.15, 0.2) is 11.4 Å². The molecule has 1 aromatic heterocycles. The maximum absolute atomic E-state index is 11.5. The van der Waals surface area contributed by atoms with Crippen molar-refractivity contribution in [1.82, 2.24) is 10.6 Å². The molecule has 0 spiro atoms. The third-order valence-corrected chi connectivity index (χ3v) is 3.08. The Labute approximate surface area is 101 Å². The van der Waals surface area contributed by atoms with Crippen LogP contribution in [-0.4, -0.2) is 18.0 Å². The van der Waals surface area contributed by atoms with Crippen LogP contribution in [0.4, 0.5) is 0 Å². The molecule has 1 rings (SSSR count). The largest absolute Gasteiger partial charge is 0.350 e. The van der Waals surface area contributed by atoms with Gasteiger partial charge in [-0.25, -0.2) is 0 Å². The molecule has 1 heterocycles. The predicted octanol–water partition coefficient (Wildman–Crippen LogP) is 2.06. The molecule has 0 fully saturated rings. The number of thiophene rings is 1. The molecule has 1 aromatic rings. The molecule has 0 aromatic carbocycles. The SMILES string of the molecule is Cc1ccsc1CNCC(=O)NC(C)(C)C. The molecule has 0 saturated heterocycles. The molecule has 0 aliphatic carbocycles. The van der Waals surface area contributed by atoms with Crippen LogP contribution in [0.2, 0.25) is 0 Å². The van der Waals surface area contributed by atoms with E-state index >= 15 is 0 Å². The number of amides is 1. The summed E-state index contributed by atoms with van der Waals surface area (Å²) in [6.07, 6.45) is 0. The molecule has 1 amide bonds. The number of carbonyl (C=O) groups excluding carboxylic acids is 1. The van der Waals surface area contributed by atoms with Gasteiger partial charge in [0.15, 0.2) is 0 Å². The second kappa shape index (κ2) is 5.46. The van der Waals surface area contributed by atoms with Gasteiger partial charge in [0.2, 0.25) is 5.91 Å². The van der Waals surface area contributed by atoms with Crippen LogP contribution in [0.25, 0.3) is 0 Å². The molecule has 0 unspecified atom stereocenters. The van der Waals surface area contributed by atoms with Crippen molar-refractivity contribution in [2.75, 3.05) is 6.54 Å². The van der Waals surface area contributed by atoms with Crippen molar-refractivity contribution >= 4 is 17.2 Å². The van der Waals surface area contributed by atoms with Gasteiger partial charge in [-0.3, -0.25) is 4.79 Å². The lowest BCUT2D eigenvalue weighted by atomic mass is 10.1.